The van der Waals surface area contributed by atoms with E-state index in [1.54, 1.807) is 0 Å². The van der Waals surface area contributed by atoms with Gasteiger partial charge in [0.1, 0.15) is 0 Å². The second-order valence-electron chi connectivity index (χ2n) is 3.26. The van der Waals surface area contributed by atoms with Crippen LogP contribution in [0.25, 0.3) is 0 Å². The Morgan fingerprint density at radius 2 is 1.80 bits per heavy atom. The van der Waals surface area contributed by atoms with Gasteiger partial charge in [0.15, 0.2) is 0 Å². The molecule has 2 atom stereocenters. The van der Waals surface area contributed by atoms with Crippen LogP contribution in [0.4, 0.5) is 0 Å². The molecule has 3 heteroatoms. The minimum absolute atomic E-state index is 0.428. The maximum Gasteiger partial charge on any atom is 0.0720 e. The van der Waals surface area contributed by atoms with Gasteiger partial charge in [-0.2, -0.15) is 0 Å². The van der Waals surface area contributed by atoms with Gasteiger partial charge in [-0.25, -0.2) is 5.01 Å². The normalized spacial score (nSPS) is 41.7. The smallest absolute Gasteiger partial charge is 0.0720 e. The topological polar surface area (TPSA) is 38.5 Å². The van der Waals surface area contributed by atoms with Gasteiger partial charge in [0, 0.05) is 13.1 Å². The fraction of sp³-hybridized carbons (Fsp3) is 1.00. The van der Waals surface area contributed by atoms with Crippen molar-refractivity contribution in [2.45, 2.75) is 31.5 Å². The van der Waals surface area contributed by atoms with Crippen molar-refractivity contribution in [3.05, 3.63) is 0 Å². The van der Waals surface area contributed by atoms with Crippen molar-refractivity contribution in [1.82, 2.24) is 5.01 Å². The molecule has 0 aromatic heterocycles. The summed E-state index contributed by atoms with van der Waals surface area (Å²) in [6.45, 7) is 1.85. The van der Waals surface area contributed by atoms with E-state index >= 15 is 0 Å². The van der Waals surface area contributed by atoms with Crippen molar-refractivity contribution in [3.63, 3.8) is 0 Å². The lowest BCUT2D eigenvalue weighted by Gasteiger charge is -2.39. The van der Waals surface area contributed by atoms with E-state index in [-0.39, 0.29) is 0 Å². The van der Waals surface area contributed by atoms with Crippen molar-refractivity contribution >= 4 is 0 Å². The molecule has 0 aliphatic carbocycles. The fourth-order valence-electron chi connectivity index (χ4n) is 1.85. The van der Waals surface area contributed by atoms with Crippen LogP contribution in [0.15, 0.2) is 0 Å². The zero-order valence-corrected chi connectivity index (χ0v) is 6.12. The highest BCUT2D eigenvalue weighted by molar-refractivity contribution is 4.79. The van der Waals surface area contributed by atoms with E-state index in [2.05, 4.69) is 0 Å². The van der Waals surface area contributed by atoms with Gasteiger partial charge in [-0.05, 0) is 19.3 Å². The number of fused-ring (bicyclic) bond motifs is 2. The second kappa shape index (κ2) is 2.49. The molecule has 0 saturated carbocycles. The van der Waals surface area contributed by atoms with E-state index < -0.39 is 0 Å². The van der Waals surface area contributed by atoms with Gasteiger partial charge >= 0.3 is 0 Å². The highest BCUT2D eigenvalue weighted by Crippen LogP contribution is 2.23. The molecule has 2 rings (SSSR count). The summed E-state index contributed by atoms with van der Waals surface area (Å²) in [5, 5.41) is 1.89. The number of nitrogens with two attached hydrogens (primary N) is 1. The monoisotopic (exact) mass is 142 g/mol. The summed E-state index contributed by atoms with van der Waals surface area (Å²) in [6, 6.07) is 0. The van der Waals surface area contributed by atoms with Crippen molar-refractivity contribution < 1.29 is 4.74 Å². The first-order valence-corrected chi connectivity index (χ1v) is 4.00. The average Bonchev–Trinajstić information content (AvgIpc) is 1.85. The highest BCUT2D eigenvalue weighted by atomic mass is 16.5. The van der Waals surface area contributed by atoms with Crippen LogP contribution >= 0.6 is 0 Å². The molecule has 0 aromatic rings. The Bertz CT molecular complexity index is 113. The van der Waals surface area contributed by atoms with Crippen LogP contribution in [0.2, 0.25) is 0 Å². The SMILES string of the molecule is NN1CC2CCCC(C1)O2. The van der Waals surface area contributed by atoms with Gasteiger partial charge in [-0.3, -0.25) is 5.84 Å². The summed E-state index contributed by atoms with van der Waals surface area (Å²) in [5.41, 5.74) is 0. The Hall–Kier alpha value is -0.120. The average molecular weight is 142 g/mol. The molecule has 0 radical (unpaired) electrons. The summed E-state index contributed by atoms with van der Waals surface area (Å²) < 4.78 is 5.67. The first-order chi connectivity index (χ1) is 4.84. The molecular formula is C7H14N2O. The van der Waals surface area contributed by atoms with Crippen LogP contribution in [0.1, 0.15) is 19.3 Å². The molecule has 3 nitrogen and oxygen atoms in total. The summed E-state index contributed by atoms with van der Waals surface area (Å²) >= 11 is 0. The molecule has 0 aromatic carbocycles. The second-order valence-corrected chi connectivity index (χ2v) is 3.26. The third-order valence-corrected chi connectivity index (χ3v) is 2.31. The summed E-state index contributed by atoms with van der Waals surface area (Å²) in [7, 11) is 0. The molecule has 58 valence electrons. The predicted octanol–water partition coefficient (Wildman–Crippen LogP) is 0.113. The minimum Gasteiger partial charge on any atom is -0.372 e. The molecular weight excluding hydrogens is 128 g/mol. The third kappa shape index (κ3) is 1.17. The van der Waals surface area contributed by atoms with Crippen molar-refractivity contribution in [2.24, 2.45) is 5.84 Å². The molecule has 2 bridgehead atoms. The van der Waals surface area contributed by atoms with Crippen molar-refractivity contribution in [3.8, 4) is 0 Å². The zero-order valence-electron chi connectivity index (χ0n) is 6.12. The van der Waals surface area contributed by atoms with Gasteiger partial charge in [-0.15, -0.1) is 0 Å². The lowest BCUT2D eigenvalue weighted by molar-refractivity contribution is -0.114. The van der Waals surface area contributed by atoms with Crippen LogP contribution < -0.4 is 5.84 Å². The number of rotatable bonds is 0. The van der Waals surface area contributed by atoms with E-state index in [0.29, 0.717) is 12.2 Å². The Balaban J connectivity index is 1.98. The Morgan fingerprint density at radius 3 is 2.40 bits per heavy atom. The molecule has 2 saturated heterocycles. The number of morpholine rings is 1. The number of hydrogen-bond donors (Lipinski definition) is 1. The van der Waals surface area contributed by atoms with Crippen molar-refractivity contribution in [2.75, 3.05) is 13.1 Å². The Kier molecular flexibility index (Phi) is 1.64. The molecule has 2 fully saturated rings. The largest absolute Gasteiger partial charge is 0.372 e. The van der Waals surface area contributed by atoms with Crippen LogP contribution in [-0.4, -0.2) is 30.3 Å². The number of ether oxygens (including phenoxy) is 1. The molecule has 2 unspecified atom stereocenters. The minimum atomic E-state index is 0.428. The van der Waals surface area contributed by atoms with Crippen LogP contribution in [0, 0.1) is 0 Å². The lowest BCUT2D eigenvalue weighted by Crippen LogP contribution is -2.52. The van der Waals surface area contributed by atoms with Crippen LogP contribution in [-0.2, 0) is 4.74 Å². The number of nitrogens with zero attached hydrogens (tertiary/aromatic N) is 1. The van der Waals surface area contributed by atoms with Gasteiger partial charge in [0.25, 0.3) is 0 Å². The third-order valence-electron chi connectivity index (χ3n) is 2.31. The van der Waals surface area contributed by atoms with E-state index in [4.69, 9.17) is 10.6 Å². The molecule has 2 aliphatic heterocycles. The molecule has 2 N–H and O–H groups in total. The maximum absolute atomic E-state index is 5.68. The molecule has 2 heterocycles. The summed E-state index contributed by atoms with van der Waals surface area (Å²) in [5.74, 6) is 5.68. The van der Waals surface area contributed by atoms with Crippen molar-refractivity contribution in [1.29, 1.82) is 0 Å². The lowest BCUT2D eigenvalue weighted by atomic mass is 10.0. The Labute approximate surface area is 61.1 Å². The van der Waals surface area contributed by atoms with Gasteiger partial charge in [0.05, 0.1) is 12.2 Å². The number of hydrazine groups is 1. The zero-order chi connectivity index (χ0) is 6.97. The van der Waals surface area contributed by atoms with Crippen LogP contribution in [0.5, 0.6) is 0 Å². The first kappa shape index (κ1) is 6.58. The Morgan fingerprint density at radius 1 is 1.20 bits per heavy atom. The quantitative estimate of drug-likeness (QED) is 0.488. The highest BCUT2D eigenvalue weighted by Gasteiger charge is 2.29. The maximum atomic E-state index is 5.68. The van der Waals surface area contributed by atoms with Gasteiger partial charge in [-0.1, -0.05) is 0 Å². The first-order valence-electron chi connectivity index (χ1n) is 4.00. The van der Waals surface area contributed by atoms with Crippen LogP contribution in [0.3, 0.4) is 0 Å². The molecule has 10 heavy (non-hydrogen) atoms. The summed E-state index contributed by atoms with van der Waals surface area (Å²) in [4.78, 5) is 0. The molecule has 0 spiro atoms. The van der Waals surface area contributed by atoms with E-state index in [1.807, 2.05) is 5.01 Å². The standard InChI is InChI=1S/C7H14N2O/c8-9-4-6-2-1-3-7(5-9)10-6/h6-7H,1-5,8H2. The van der Waals surface area contributed by atoms with Gasteiger partial charge < -0.3 is 4.74 Å². The van der Waals surface area contributed by atoms with E-state index in [1.165, 1.54) is 19.3 Å². The number of hydrogen-bond acceptors (Lipinski definition) is 3. The van der Waals surface area contributed by atoms with E-state index in [0.717, 1.165) is 13.1 Å². The summed E-state index contributed by atoms with van der Waals surface area (Å²) in [6.07, 6.45) is 4.58. The predicted molar refractivity (Wildman–Crippen MR) is 38.3 cm³/mol. The molecule has 2 aliphatic rings. The van der Waals surface area contributed by atoms with E-state index in [9.17, 15) is 0 Å². The fourth-order valence-corrected chi connectivity index (χ4v) is 1.85. The molecule has 0 amide bonds. The van der Waals surface area contributed by atoms with Gasteiger partial charge in [0.2, 0.25) is 0 Å².